The summed E-state index contributed by atoms with van der Waals surface area (Å²) in [7, 11) is 0. The van der Waals surface area contributed by atoms with Gasteiger partial charge in [-0.25, -0.2) is 4.98 Å². The number of anilines is 1. The number of nitrogens with zero attached hydrogens (tertiary/aromatic N) is 2. The van der Waals surface area contributed by atoms with Gasteiger partial charge in [0, 0.05) is 17.0 Å². The van der Waals surface area contributed by atoms with Gasteiger partial charge >= 0.3 is 0 Å². The van der Waals surface area contributed by atoms with Crippen LogP contribution < -0.4 is 10.8 Å². The number of hydrogen-bond donors (Lipinski definition) is 1. The van der Waals surface area contributed by atoms with Gasteiger partial charge in [-0.05, 0) is 43.2 Å². The van der Waals surface area contributed by atoms with Crippen molar-refractivity contribution in [3.8, 4) is 11.3 Å². The summed E-state index contributed by atoms with van der Waals surface area (Å²) in [6.45, 7) is 4.23. The molecule has 0 radical (unpaired) electrons. The maximum absolute atomic E-state index is 6.23. The highest BCUT2D eigenvalue weighted by atomic mass is 32.1. The van der Waals surface area contributed by atoms with E-state index in [0.717, 1.165) is 49.4 Å². The SMILES string of the molecule is CCc1ccc2oc(-c3ccc(C)cc3)c/c(=N/Nc3nc4ccccc4s3)c2c1. The molecule has 1 N–H and O–H groups in total. The van der Waals surface area contributed by atoms with Crippen molar-refractivity contribution >= 4 is 37.7 Å². The van der Waals surface area contributed by atoms with Crippen molar-refractivity contribution in [3.05, 3.63) is 89.3 Å². The minimum Gasteiger partial charge on any atom is -0.456 e. The topological polar surface area (TPSA) is 50.4 Å². The third-order valence-electron chi connectivity index (χ3n) is 5.12. The highest BCUT2D eigenvalue weighted by Crippen LogP contribution is 2.26. The van der Waals surface area contributed by atoms with Crippen LogP contribution in [0, 0.1) is 6.92 Å². The predicted octanol–water partition coefficient (Wildman–Crippen LogP) is 6.51. The van der Waals surface area contributed by atoms with Crippen molar-refractivity contribution in [2.75, 3.05) is 5.43 Å². The van der Waals surface area contributed by atoms with Gasteiger partial charge in [0.25, 0.3) is 0 Å². The number of nitrogens with one attached hydrogen (secondary N) is 1. The number of benzene rings is 3. The molecule has 5 rings (SSSR count). The van der Waals surface area contributed by atoms with Gasteiger partial charge in [-0.15, -0.1) is 0 Å². The molecule has 0 spiro atoms. The van der Waals surface area contributed by atoms with E-state index in [1.165, 1.54) is 11.1 Å². The quantitative estimate of drug-likeness (QED) is 0.343. The van der Waals surface area contributed by atoms with Crippen molar-refractivity contribution in [2.45, 2.75) is 20.3 Å². The largest absolute Gasteiger partial charge is 0.456 e. The first kappa shape index (κ1) is 18.6. The molecule has 3 aromatic carbocycles. The molecular weight excluding hydrogens is 390 g/mol. The summed E-state index contributed by atoms with van der Waals surface area (Å²) in [5.41, 5.74) is 8.44. The molecular formula is C25H21N3OS. The van der Waals surface area contributed by atoms with Crippen LogP contribution in [-0.4, -0.2) is 4.98 Å². The molecule has 0 bridgehead atoms. The molecule has 0 atom stereocenters. The maximum atomic E-state index is 6.23. The van der Waals surface area contributed by atoms with E-state index >= 15 is 0 Å². The van der Waals surface area contributed by atoms with E-state index in [2.05, 4.69) is 66.7 Å². The Labute approximate surface area is 178 Å². The Morgan fingerprint density at radius 1 is 1.00 bits per heavy atom. The van der Waals surface area contributed by atoms with Crippen LogP contribution >= 0.6 is 11.3 Å². The second-order valence-electron chi connectivity index (χ2n) is 7.26. The van der Waals surface area contributed by atoms with E-state index in [-0.39, 0.29) is 0 Å². The molecule has 5 aromatic rings. The first-order chi connectivity index (χ1) is 14.7. The van der Waals surface area contributed by atoms with E-state index < -0.39 is 0 Å². The standard InChI is InChI=1S/C25H21N3OS/c1-3-17-10-13-22-19(14-17)21(15-23(29-22)18-11-8-16(2)9-12-18)27-28-25-26-20-6-4-5-7-24(20)30-25/h4-15H,3H2,1-2H3,(H,26,28)/b27-21-. The fraction of sp³-hybridized carbons (Fsp3) is 0.120. The molecule has 30 heavy (non-hydrogen) atoms. The highest BCUT2D eigenvalue weighted by molar-refractivity contribution is 7.22. The van der Waals surface area contributed by atoms with Crippen LogP contribution in [0.5, 0.6) is 0 Å². The Kier molecular flexibility index (Phi) is 4.81. The minimum atomic E-state index is 0.772. The van der Waals surface area contributed by atoms with Gasteiger partial charge in [0.1, 0.15) is 11.3 Å². The number of aromatic nitrogens is 1. The first-order valence-corrected chi connectivity index (χ1v) is 10.8. The van der Waals surface area contributed by atoms with E-state index in [9.17, 15) is 0 Å². The molecule has 0 fully saturated rings. The Morgan fingerprint density at radius 2 is 1.83 bits per heavy atom. The smallest absolute Gasteiger partial charge is 0.204 e. The molecule has 0 saturated carbocycles. The second-order valence-corrected chi connectivity index (χ2v) is 8.29. The molecule has 2 aromatic heterocycles. The Balaban J connectivity index is 1.65. The van der Waals surface area contributed by atoms with Gasteiger partial charge < -0.3 is 4.42 Å². The fourth-order valence-electron chi connectivity index (χ4n) is 3.42. The van der Waals surface area contributed by atoms with Crippen LogP contribution in [0.2, 0.25) is 0 Å². The summed E-state index contributed by atoms with van der Waals surface area (Å²) in [5, 5.41) is 7.31. The lowest BCUT2D eigenvalue weighted by molar-refractivity contribution is 0.618. The van der Waals surface area contributed by atoms with Crippen molar-refractivity contribution in [1.29, 1.82) is 0 Å². The lowest BCUT2D eigenvalue weighted by Crippen LogP contribution is -2.07. The summed E-state index contributed by atoms with van der Waals surface area (Å²) >= 11 is 1.59. The zero-order valence-corrected chi connectivity index (χ0v) is 17.7. The number of aryl methyl sites for hydroxylation is 2. The average Bonchev–Trinajstić information content (AvgIpc) is 3.20. The van der Waals surface area contributed by atoms with Crippen LogP contribution in [0.15, 0.2) is 82.3 Å². The van der Waals surface area contributed by atoms with Crippen molar-refractivity contribution in [1.82, 2.24) is 4.98 Å². The second kappa shape index (κ2) is 7.76. The van der Waals surface area contributed by atoms with Gasteiger partial charge in [0.15, 0.2) is 0 Å². The van der Waals surface area contributed by atoms with Crippen LogP contribution in [0.4, 0.5) is 5.13 Å². The summed E-state index contributed by atoms with van der Waals surface area (Å²) in [6.07, 6.45) is 0.959. The molecule has 2 heterocycles. The third-order valence-corrected chi connectivity index (χ3v) is 6.06. The molecule has 0 aliphatic carbocycles. The zero-order chi connectivity index (χ0) is 20.5. The highest BCUT2D eigenvalue weighted by Gasteiger charge is 2.08. The fourth-order valence-corrected chi connectivity index (χ4v) is 4.23. The van der Waals surface area contributed by atoms with Gasteiger partial charge in [-0.2, -0.15) is 5.10 Å². The summed E-state index contributed by atoms with van der Waals surface area (Å²) in [4.78, 5) is 4.62. The number of fused-ring (bicyclic) bond motifs is 2. The average molecular weight is 412 g/mol. The van der Waals surface area contributed by atoms with Crippen LogP contribution in [0.1, 0.15) is 18.1 Å². The van der Waals surface area contributed by atoms with E-state index in [4.69, 9.17) is 9.52 Å². The van der Waals surface area contributed by atoms with Crippen molar-refractivity contribution in [3.63, 3.8) is 0 Å². The van der Waals surface area contributed by atoms with Crippen LogP contribution in [0.25, 0.3) is 32.5 Å². The van der Waals surface area contributed by atoms with Gasteiger partial charge in [0.2, 0.25) is 5.13 Å². The molecule has 5 heteroatoms. The van der Waals surface area contributed by atoms with Crippen molar-refractivity contribution < 1.29 is 4.42 Å². The summed E-state index contributed by atoms with van der Waals surface area (Å²) in [6, 6.07) is 24.7. The molecule has 0 aliphatic heterocycles. The van der Waals surface area contributed by atoms with E-state index in [0.29, 0.717) is 0 Å². The van der Waals surface area contributed by atoms with Crippen molar-refractivity contribution in [2.24, 2.45) is 5.10 Å². The van der Waals surface area contributed by atoms with E-state index in [1.54, 1.807) is 11.3 Å². The maximum Gasteiger partial charge on any atom is 0.204 e. The normalized spacial score (nSPS) is 12.0. The molecule has 0 unspecified atom stereocenters. The Morgan fingerprint density at radius 3 is 2.63 bits per heavy atom. The molecule has 0 saturated heterocycles. The summed E-state index contributed by atoms with van der Waals surface area (Å²) in [5.74, 6) is 0.789. The summed E-state index contributed by atoms with van der Waals surface area (Å²) < 4.78 is 7.36. The lowest BCUT2D eigenvalue weighted by Gasteiger charge is -2.07. The van der Waals surface area contributed by atoms with E-state index in [1.807, 2.05) is 30.3 Å². The monoisotopic (exact) mass is 411 g/mol. The van der Waals surface area contributed by atoms with Gasteiger partial charge in [-0.3, -0.25) is 5.43 Å². The number of hydrogen-bond acceptors (Lipinski definition) is 5. The lowest BCUT2D eigenvalue weighted by atomic mass is 10.1. The molecule has 148 valence electrons. The number of thiazole rings is 1. The minimum absolute atomic E-state index is 0.772. The van der Waals surface area contributed by atoms with Crippen LogP contribution in [-0.2, 0) is 6.42 Å². The predicted molar refractivity (Wildman–Crippen MR) is 125 cm³/mol. The number of rotatable bonds is 4. The van der Waals surface area contributed by atoms with Crippen LogP contribution in [0.3, 0.4) is 0 Å². The third kappa shape index (κ3) is 3.60. The van der Waals surface area contributed by atoms with Gasteiger partial charge in [0.05, 0.1) is 15.6 Å². The molecule has 4 nitrogen and oxygen atoms in total. The number of para-hydroxylation sites is 1. The Hall–Kier alpha value is -3.44. The zero-order valence-electron chi connectivity index (χ0n) is 16.8. The molecule has 0 aliphatic rings. The van der Waals surface area contributed by atoms with Gasteiger partial charge in [-0.1, -0.05) is 66.3 Å². The molecule has 0 amide bonds. The first-order valence-electron chi connectivity index (χ1n) is 9.99. The Bertz CT molecular complexity index is 1380.